The van der Waals surface area contributed by atoms with Crippen LogP contribution >= 0.6 is 0 Å². The molecule has 2 aliphatic rings. The number of nitrogens with zero attached hydrogens (tertiary/aromatic N) is 1. The Morgan fingerprint density at radius 3 is 2.79 bits per heavy atom. The number of para-hydroxylation sites is 1. The molecule has 1 aromatic carbocycles. The zero-order valence-electron chi connectivity index (χ0n) is 13.9. The molecule has 1 saturated heterocycles. The van der Waals surface area contributed by atoms with Gasteiger partial charge in [0.1, 0.15) is 24.0 Å². The van der Waals surface area contributed by atoms with Gasteiger partial charge in [-0.1, -0.05) is 38.0 Å². The monoisotopic (exact) mass is 332 g/mol. The molecule has 3 rings (SSSR count). The Labute approximate surface area is 141 Å². The summed E-state index contributed by atoms with van der Waals surface area (Å²) in [5.41, 5.74) is -0.782. The predicted molar refractivity (Wildman–Crippen MR) is 88.6 cm³/mol. The zero-order chi connectivity index (χ0) is 17.2. The van der Waals surface area contributed by atoms with Gasteiger partial charge in [-0.3, -0.25) is 9.69 Å². The summed E-state index contributed by atoms with van der Waals surface area (Å²) in [4.78, 5) is 26.2. The molecule has 3 amide bonds. The molecule has 0 bridgehead atoms. The largest absolute Gasteiger partial charge is 0.491 e. The van der Waals surface area contributed by atoms with Gasteiger partial charge in [-0.25, -0.2) is 4.79 Å². The number of carbonyl (C=O) groups excluding carboxylic acids is 2. The summed E-state index contributed by atoms with van der Waals surface area (Å²) in [6.07, 6.45) is 2.70. The first kappa shape index (κ1) is 16.8. The minimum absolute atomic E-state index is 0.0314. The van der Waals surface area contributed by atoms with Gasteiger partial charge in [0.15, 0.2) is 0 Å². The van der Waals surface area contributed by atoms with Gasteiger partial charge in [0.2, 0.25) is 0 Å². The molecule has 1 heterocycles. The fourth-order valence-corrected chi connectivity index (χ4v) is 3.63. The van der Waals surface area contributed by atoms with Crippen LogP contribution in [0.15, 0.2) is 30.3 Å². The third-order valence-electron chi connectivity index (χ3n) is 5.08. The van der Waals surface area contributed by atoms with E-state index in [1.807, 2.05) is 25.1 Å². The van der Waals surface area contributed by atoms with Crippen molar-refractivity contribution < 1.29 is 19.4 Å². The summed E-state index contributed by atoms with van der Waals surface area (Å²) >= 11 is 0. The lowest BCUT2D eigenvalue weighted by molar-refractivity contribution is -0.135. The molecule has 1 spiro atoms. The van der Waals surface area contributed by atoms with E-state index in [4.69, 9.17) is 4.74 Å². The summed E-state index contributed by atoms with van der Waals surface area (Å²) in [6, 6.07) is 8.73. The Balaban J connectivity index is 1.60. The number of hydrogen-bond donors (Lipinski definition) is 2. The highest BCUT2D eigenvalue weighted by Crippen LogP contribution is 2.38. The van der Waals surface area contributed by atoms with Gasteiger partial charge in [0.05, 0.1) is 6.54 Å². The van der Waals surface area contributed by atoms with Gasteiger partial charge in [0.25, 0.3) is 5.91 Å². The maximum atomic E-state index is 12.8. The minimum Gasteiger partial charge on any atom is -0.491 e. The van der Waals surface area contributed by atoms with E-state index in [2.05, 4.69) is 5.32 Å². The van der Waals surface area contributed by atoms with E-state index < -0.39 is 17.7 Å². The number of aliphatic hydroxyl groups excluding tert-OH is 1. The van der Waals surface area contributed by atoms with E-state index in [0.717, 1.165) is 24.2 Å². The highest BCUT2D eigenvalue weighted by Gasteiger charge is 2.54. The van der Waals surface area contributed by atoms with Crippen LogP contribution in [0.25, 0.3) is 0 Å². The summed E-state index contributed by atoms with van der Waals surface area (Å²) in [7, 11) is 0. The number of benzene rings is 1. The molecule has 1 aliphatic heterocycles. The van der Waals surface area contributed by atoms with Crippen molar-refractivity contribution in [1.29, 1.82) is 0 Å². The van der Waals surface area contributed by atoms with Crippen molar-refractivity contribution in [2.75, 3.05) is 13.2 Å². The number of imide groups is 1. The Bertz CT molecular complexity index is 606. The van der Waals surface area contributed by atoms with E-state index in [1.54, 1.807) is 12.1 Å². The first-order chi connectivity index (χ1) is 11.5. The normalized spacial score (nSPS) is 28.1. The van der Waals surface area contributed by atoms with Gasteiger partial charge in [-0.05, 0) is 30.9 Å². The fraction of sp³-hybridized carbons (Fsp3) is 0.556. The zero-order valence-corrected chi connectivity index (χ0v) is 13.9. The molecule has 1 aromatic rings. The molecule has 2 N–H and O–H groups in total. The number of nitrogens with one attached hydrogen (secondary N) is 1. The van der Waals surface area contributed by atoms with E-state index in [1.165, 1.54) is 0 Å². The van der Waals surface area contributed by atoms with Crippen molar-refractivity contribution in [1.82, 2.24) is 10.2 Å². The first-order valence-electron chi connectivity index (χ1n) is 8.53. The van der Waals surface area contributed by atoms with Crippen LogP contribution in [-0.4, -0.2) is 46.7 Å². The molecule has 2 fully saturated rings. The molecule has 6 nitrogen and oxygen atoms in total. The molecule has 0 aromatic heterocycles. The number of amides is 3. The maximum Gasteiger partial charge on any atom is 0.325 e. The second kappa shape index (κ2) is 6.81. The van der Waals surface area contributed by atoms with E-state index in [0.29, 0.717) is 12.2 Å². The van der Waals surface area contributed by atoms with Crippen LogP contribution in [0.2, 0.25) is 0 Å². The van der Waals surface area contributed by atoms with Crippen LogP contribution in [-0.2, 0) is 4.79 Å². The summed E-state index contributed by atoms with van der Waals surface area (Å²) < 4.78 is 5.49. The number of carbonyl (C=O) groups is 2. The molecule has 0 radical (unpaired) electrons. The molecule has 1 saturated carbocycles. The highest BCUT2D eigenvalue weighted by molar-refractivity contribution is 6.07. The number of aliphatic hydroxyl groups is 1. The number of urea groups is 1. The Kier molecular flexibility index (Phi) is 4.76. The number of ether oxygens (including phenoxy) is 1. The van der Waals surface area contributed by atoms with Crippen LogP contribution in [0.4, 0.5) is 4.79 Å². The number of rotatable bonds is 5. The average molecular weight is 332 g/mol. The maximum absolute atomic E-state index is 12.8. The molecule has 1 aliphatic carbocycles. The molecular weight excluding hydrogens is 308 g/mol. The fourth-order valence-electron chi connectivity index (χ4n) is 3.63. The molecule has 0 unspecified atom stereocenters. The third-order valence-corrected chi connectivity index (χ3v) is 5.08. The van der Waals surface area contributed by atoms with Gasteiger partial charge in [-0.15, -0.1) is 0 Å². The molecular formula is C18H24N2O4. The quantitative estimate of drug-likeness (QED) is 0.808. The van der Waals surface area contributed by atoms with Crippen molar-refractivity contribution in [2.45, 2.75) is 44.2 Å². The SMILES string of the molecule is C[C@@H]1CCCC[C@]12NC(=O)N(C[C@H](O)COc1ccccc1)C2=O. The number of β-amino-alcohol motifs (C(OH)–C–C–N with tert-alkyl or cyclic N) is 1. The molecule has 3 atom stereocenters. The lowest BCUT2D eigenvalue weighted by atomic mass is 9.73. The molecule has 24 heavy (non-hydrogen) atoms. The molecule has 130 valence electrons. The van der Waals surface area contributed by atoms with Crippen molar-refractivity contribution in [2.24, 2.45) is 5.92 Å². The van der Waals surface area contributed by atoms with Crippen LogP contribution in [0.1, 0.15) is 32.6 Å². The van der Waals surface area contributed by atoms with Crippen LogP contribution in [0, 0.1) is 5.92 Å². The van der Waals surface area contributed by atoms with Gasteiger partial charge in [0, 0.05) is 0 Å². The molecule has 6 heteroatoms. The Morgan fingerprint density at radius 2 is 2.08 bits per heavy atom. The Hall–Kier alpha value is -2.08. The van der Waals surface area contributed by atoms with Crippen LogP contribution in [0.5, 0.6) is 5.75 Å². The van der Waals surface area contributed by atoms with Crippen molar-refractivity contribution in [3.8, 4) is 5.75 Å². The number of hydrogen-bond acceptors (Lipinski definition) is 4. The lowest BCUT2D eigenvalue weighted by Crippen LogP contribution is -2.54. The van der Waals surface area contributed by atoms with Gasteiger partial charge < -0.3 is 15.2 Å². The van der Waals surface area contributed by atoms with Crippen molar-refractivity contribution in [3.63, 3.8) is 0 Å². The van der Waals surface area contributed by atoms with E-state index >= 15 is 0 Å². The summed E-state index contributed by atoms with van der Waals surface area (Å²) in [5, 5.41) is 13.0. The van der Waals surface area contributed by atoms with Gasteiger partial charge >= 0.3 is 6.03 Å². The van der Waals surface area contributed by atoms with Crippen LogP contribution in [0.3, 0.4) is 0 Å². The smallest absolute Gasteiger partial charge is 0.325 e. The third kappa shape index (κ3) is 3.11. The summed E-state index contributed by atoms with van der Waals surface area (Å²) in [5.74, 6) is 0.551. The second-order valence-corrected chi connectivity index (χ2v) is 6.74. The minimum atomic E-state index is -0.922. The first-order valence-corrected chi connectivity index (χ1v) is 8.53. The van der Waals surface area contributed by atoms with Crippen molar-refractivity contribution in [3.05, 3.63) is 30.3 Å². The average Bonchev–Trinajstić information content (AvgIpc) is 2.82. The van der Waals surface area contributed by atoms with Gasteiger partial charge in [-0.2, -0.15) is 0 Å². The summed E-state index contributed by atoms with van der Waals surface area (Å²) in [6.45, 7) is 1.99. The predicted octanol–water partition coefficient (Wildman–Crippen LogP) is 1.93. The van der Waals surface area contributed by atoms with Crippen LogP contribution < -0.4 is 10.1 Å². The second-order valence-electron chi connectivity index (χ2n) is 6.74. The van der Waals surface area contributed by atoms with Crippen molar-refractivity contribution >= 4 is 11.9 Å². The topological polar surface area (TPSA) is 78.9 Å². The lowest BCUT2D eigenvalue weighted by Gasteiger charge is -2.36. The van der Waals surface area contributed by atoms with E-state index in [9.17, 15) is 14.7 Å². The Morgan fingerprint density at radius 1 is 1.33 bits per heavy atom. The highest BCUT2D eigenvalue weighted by atomic mass is 16.5. The van der Waals surface area contributed by atoms with E-state index in [-0.39, 0.29) is 25.0 Å². The standard InChI is InChI=1S/C18H24N2O4/c1-13-7-5-6-10-18(13)16(22)20(17(23)19-18)11-14(21)12-24-15-8-3-2-4-9-15/h2-4,8-9,13-14,21H,5-7,10-12H2,1H3,(H,19,23)/t13-,14+,18+/m1/s1.